The van der Waals surface area contributed by atoms with Crippen LogP contribution in [0.5, 0.6) is 17.2 Å². The standard InChI is InChI=1S/C83H123N21O27/c1-12-40(6)66(104-74(122)53(14-13-29-88-83(86)87)96-72(120)52(84)27-28-63(112)113)80(128)94-43(9)70(118)92-42(8)69(117)91-41(7)68(116)89-37-62(111)102-67(45(11)105)81(129)101-59(35-64(114)115)79(127)99-56(32-47-17-23-50(107)24-18-47)77(125)97-55(31-46-15-21-49(106)22-16-46)76(124)98-57(33-48-19-25-51(108)26-20-48)78(126)100-58(34-60(85)109)73(121)90-36-61(110)95-54(30-38(2)3)75(123)93-44(10)71(119)103-65(39(4)5)82(130)131/h15-26,38-45,52-59,65-67,105-108H,12-14,27-37,84H2,1-11H3,(H2,85,109)(H,89,116)(H,90,121)(H,91,117)(H,92,118)(H,93,123)(H,94,128)(H,95,110)(H,96,120)(H,97,125)(H,98,124)(H,99,127)(H,100,126)(H,101,129)(H,102,111)(H,103,119)(H,104,122)(H,112,113)(H,114,115)(H,130,131)(H4,86,87,88)/t40-,41-,42-,43-,44-,45+,52-,53-,54-,55-,56-,57-,58-,59-,65-,66-,67-/m0/s1. The van der Waals surface area contributed by atoms with Crippen molar-refractivity contribution in [2.45, 2.75) is 244 Å². The lowest BCUT2D eigenvalue weighted by atomic mass is 9.97. The third-order valence-corrected chi connectivity index (χ3v) is 20.0. The van der Waals surface area contributed by atoms with Gasteiger partial charge in [-0.3, -0.25) is 96.5 Å². The summed E-state index contributed by atoms with van der Waals surface area (Å²) in [4.78, 5) is 269. The molecule has 0 saturated heterocycles. The fourth-order valence-corrected chi connectivity index (χ4v) is 12.4. The van der Waals surface area contributed by atoms with Crippen LogP contribution in [0, 0.1) is 23.2 Å². The van der Waals surface area contributed by atoms with E-state index in [1.165, 1.54) is 100 Å². The van der Waals surface area contributed by atoms with Gasteiger partial charge in [-0.05, 0) is 131 Å². The van der Waals surface area contributed by atoms with E-state index in [2.05, 4.69) is 90.4 Å². The smallest absolute Gasteiger partial charge is 0.326 e. The number of hydrogen-bond donors (Lipinski definition) is 28. The van der Waals surface area contributed by atoms with Crippen LogP contribution in [0.2, 0.25) is 0 Å². The molecule has 0 radical (unpaired) electrons. The number of rotatable bonds is 56. The highest BCUT2D eigenvalue weighted by atomic mass is 16.4. The van der Waals surface area contributed by atoms with Crippen molar-refractivity contribution in [1.82, 2.24) is 90.4 Å². The molecule has 48 nitrogen and oxygen atoms in total. The molecule has 3 aromatic rings. The number of primary amides is 1. The number of amides is 17. The Morgan fingerprint density at radius 1 is 0.366 bits per heavy atom. The van der Waals surface area contributed by atoms with E-state index in [0.29, 0.717) is 6.42 Å². The number of nitrogens with two attached hydrogens (primary N) is 3. The van der Waals surface area contributed by atoms with Gasteiger partial charge in [0.1, 0.15) is 102 Å². The topological polar surface area (TPSA) is 789 Å². The summed E-state index contributed by atoms with van der Waals surface area (Å²) in [6, 6.07) is -8.61. The van der Waals surface area contributed by atoms with E-state index < -0.39 is 279 Å². The lowest BCUT2D eigenvalue weighted by molar-refractivity contribution is -0.143. The molecule has 0 saturated carbocycles. The van der Waals surface area contributed by atoms with Crippen LogP contribution < -0.4 is 108 Å². The van der Waals surface area contributed by atoms with Gasteiger partial charge in [0.25, 0.3) is 0 Å². The first-order valence-corrected chi connectivity index (χ1v) is 41.9. The maximum atomic E-state index is 15.0. The van der Waals surface area contributed by atoms with E-state index in [1.54, 1.807) is 41.5 Å². The summed E-state index contributed by atoms with van der Waals surface area (Å²) < 4.78 is 0. The van der Waals surface area contributed by atoms with Gasteiger partial charge in [-0.2, -0.15) is 0 Å². The van der Waals surface area contributed by atoms with Crippen LogP contribution in [0.3, 0.4) is 0 Å². The van der Waals surface area contributed by atoms with Crippen molar-refractivity contribution in [1.29, 1.82) is 5.41 Å². The van der Waals surface area contributed by atoms with Gasteiger partial charge in [-0.25, -0.2) is 4.79 Å². The molecular weight excluding hydrogens is 1720 g/mol. The summed E-state index contributed by atoms with van der Waals surface area (Å²) in [5.74, 6) is -25.0. The highest BCUT2D eigenvalue weighted by Crippen LogP contribution is 2.19. The second kappa shape index (κ2) is 54.7. The number of phenols is 3. The number of nitrogens with one attached hydrogen (secondary N) is 18. The Bertz CT molecular complexity index is 4520. The average Bonchev–Trinajstić information content (AvgIpc) is 0.833. The number of aliphatic hydroxyl groups is 1. The van der Waals surface area contributed by atoms with E-state index in [0.717, 1.165) is 6.92 Å². The van der Waals surface area contributed by atoms with Gasteiger partial charge in [0.2, 0.25) is 100 Å². The molecule has 0 aliphatic heterocycles. The second-order valence-electron chi connectivity index (χ2n) is 32.1. The van der Waals surface area contributed by atoms with Crippen LogP contribution in [0.15, 0.2) is 72.8 Å². The summed E-state index contributed by atoms with van der Waals surface area (Å²) in [5, 5.41) is 118. The van der Waals surface area contributed by atoms with Gasteiger partial charge in [0.05, 0.1) is 38.1 Å². The van der Waals surface area contributed by atoms with Crippen LogP contribution in [0.4, 0.5) is 0 Å². The Kier molecular flexibility index (Phi) is 46.3. The molecule has 722 valence electrons. The Morgan fingerprint density at radius 3 is 1.13 bits per heavy atom. The second-order valence-corrected chi connectivity index (χ2v) is 32.1. The maximum Gasteiger partial charge on any atom is 0.326 e. The number of carboxylic acids is 3. The highest BCUT2D eigenvalue weighted by Gasteiger charge is 2.39. The first kappa shape index (κ1) is 111. The van der Waals surface area contributed by atoms with Gasteiger partial charge in [0.15, 0.2) is 5.96 Å². The Morgan fingerprint density at radius 2 is 0.725 bits per heavy atom. The number of hydrogen-bond acceptors (Lipinski definition) is 26. The predicted octanol–water partition coefficient (Wildman–Crippen LogP) is -7.05. The third kappa shape index (κ3) is 40.7. The number of benzene rings is 3. The minimum Gasteiger partial charge on any atom is -0.508 e. The van der Waals surface area contributed by atoms with Crippen LogP contribution in [0.25, 0.3) is 0 Å². The number of aliphatic hydroxyl groups excluding tert-OH is 1. The molecule has 0 unspecified atom stereocenters. The molecular formula is C83H123N21O27. The molecule has 31 N–H and O–H groups in total. The lowest BCUT2D eigenvalue weighted by Crippen LogP contribution is -2.61. The van der Waals surface area contributed by atoms with Gasteiger partial charge < -0.3 is 143 Å². The van der Waals surface area contributed by atoms with E-state index in [1.807, 2.05) is 0 Å². The number of carbonyl (C=O) groups excluding carboxylic acids is 17. The molecule has 0 aliphatic rings. The first-order chi connectivity index (χ1) is 61.3. The Balaban J connectivity index is 1.86. The molecule has 0 aliphatic carbocycles. The molecule has 0 fully saturated rings. The number of aliphatic carboxylic acids is 3. The normalized spacial score (nSPS) is 14.9. The van der Waals surface area contributed by atoms with E-state index in [4.69, 9.17) is 27.7 Å². The Labute approximate surface area is 753 Å². The van der Waals surface area contributed by atoms with E-state index >= 15 is 0 Å². The molecule has 17 atom stereocenters. The minimum absolute atomic E-state index is 0.0141. The fourth-order valence-electron chi connectivity index (χ4n) is 12.4. The maximum absolute atomic E-state index is 15.0. The van der Waals surface area contributed by atoms with Crippen molar-refractivity contribution < 1.29 is 132 Å². The first-order valence-electron chi connectivity index (χ1n) is 41.9. The zero-order chi connectivity index (χ0) is 99.0. The van der Waals surface area contributed by atoms with Crippen LogP contribution >= 0.6 is 0 Å². The van der Waals surface area contributed by atoms with Crippen molar-refractivity contribution in [3.8, 4) is 17.2 Å². The van der Waals surface area contributed by atoms with Crippen LogP contribution in [-0.2, 0) is 115 Å². The molecule has 48 heteroatoms. The lowest BCUT2D eigenvalue weighted by Gasteiger charge is -2.28. The summed E-state index contributed by atoms with van der Waals surface area (Å²) >= 11 is 0. The van der Waals surface area contributed by atoms with Gasteiger partial charge in [0, 0.05) is 32.2 Å². The molecule has 131 heavy (non-hydrogen) atoms. The van der Waals surface area contributed by atoms with Crippen molar-refractivity contribution in [3.63, 3.8) is 0 Å². The molecule has 0 bridgehead atoms. The van der Waals surface area contributed by atoms with E-state index in [-0.39, 0.29) is 78.0 Å². The quantitative estimate of drug-likeness (QED) is 0.0142. The molecule has 3 aromatic carbocycles. The average molecular weight is 1850 g/mol. The summed E-state index contributed by atoms with van der Waals surface area (Å²) in [6.45, 7) is 14.0. The summed E-state index contributed by atoms with van der Waals surface area (Å²) in [7, 11) is 0. The number of carboxylic acid groups (broad SMARTS) is 3. The molecule has 0 heterocycles. The van der Waals surface area contributed by atoms with Crippen molar-refractivity contribution >= 4 is 124 Å². The highest BCUT2D eigenvalue weighted by molar-refractivity contribution is 6.02. The van der Waals surface area contributed by atoms with Gasteiger partial charge in [-0.15, -0.1) is 0 Å². The molecule has 3 rings (SSSR count). The van der Waals surface area contributed by atoms with Crippen molar-refractivity contribution in [3.05, 3.63) is 89.5 Å². The Hall–Kier alpha value is -14.4. The molecule has 17 amide bonds. The largest absolute Gasteiger partial charge is 0.508 e. The zero-order valence-electron chi connectivity index (χ0n) is 74.3. The molecule has 0 aromatic heterocycles. The summed E-state index contributed by atoms with van der Waals surface area (Å²) in [5.41, 5.74) is 17.4. The SMILES string of the molecule is CC[C@H](C)[C@H](NC(=O)[C@H](CCCNC(=N)N)NC(=O)[C@@H](N)CCC(=O)O)C(=O)N[C@@H](C)C(=O)N[C@@H](C)C(=O)N[C@@H](C)C(=O)NCC(=O)N[C@H](C(=O)N[C@@H](CC(=O)O)C(=O)N[C@@H](Cc1ccc(O)cc1)C(=O)N[C@@H](Cc1ccc(O)cc1)C(=O)N[C@@H](Cc1ccc(O)cc1)C(=O)N[C@@H](CC(N)=O)C(=O)NCC(=O)N[C@@H](CC(C)C)C(=O)N[C@@H](C)C(=O)N[C@H](C(=O)O)C(C)C)[C@@H](C)O. The number of phenolic OH excluding ortho intramolecular Hbond substituents is 3. The number of carbonyl (C=O) groups is 20. The van der Waals surface area contributed by atoms with Gasteiger partial charge in [-0.1, -0.05) is 84.4 Å². The van der Waals surface area contributed by atoms with E-state index in [9.17, 15) is 127 Å². The fraction of sp³-hybridized carbons (Fsp3) is 0.530. The predicted molar refractivity (Wildman–Crippen MR) is 464 cm³/mol. The zero-order valence-corrected chi connectivity index (χ0v) is 74.3. The van der Waals surface area contributed by atoms with Crippen molar-refractivity contribution in [2.24, 2.45) is 35.0 Å². The third-order valence-electron chi connectivity index (χ3n) is 20.0. The number of guanidine groups is 1. The monoisotopic (exact) mass is 1850 g/mol. The van der Waals surface area contributed by atoms with Crippen LogP contribution in [0.1, 0.15) is 144 Å². The van der Waals surface area contributed by atoms with Crippen molar-refractivity contribution in [2.75, 3.05) is 19.6 Å². The molecule has 0 spiro atoms. The minimum atomic E-state index is -2.18. The summed E-state index contributed by atoms with van der Waals surface area (Å²) in [6.07, 6.45) is -5.90. The van der Waals surface area contributed by atoms with Crippen LogP contribution in [-0.4, -0.2) is 276 Å². The van der Waals surface area contributed by atoms with Gasteiger partial charge >= 0.3 is 17.9 Å². The number of aromatic hydroxyl groups is 3.